The molecule has 0 saturated carbocycles. The molecule has 0 amide bonds. The Bertz CT molecular complexity index is 522. The monoisotopic (exact) mass is 388 g/mol. The van der Waals surface area contributed by atoms with Crippen molar-refractivity contribution in [2.45, 2.75) is 96.8 Å². The first-order valence-electron chi connectivity index (χ1n) is 11.5. The van der Waals surface area contributed by atoms with E-state index in [9.17, 15) is 4.79 Å². The largest absolute Gasteiger partial charge is 0.462 e. The smallest absolute Gasteiger partial charge is 0.338 e. The van der Waals surface area contributed by atoms with Gasteiger partial charge in [0.15, 0.2) is 12.4 Å². The Morgan fingerprint density at radius 1 is 0.821 bits per heavy atom. The third kappa shape index (κ3) is 13.5. The van der Waals surface area contributed by atoms with Crippen LogP contribution in [0.3, 0.4) is 0 Å². The predicted molar refractivity (Wildman–Crippen MR) is 117 cm³/mol. The maximum atomic E-state index is 11.9. The van der Waals surface area contributed by atoms with Crippen molar-refractivity contribution in [2.24, 2.45) is 7.05 Å². The molecule has 0 spiro atoms. The molecular weight excluding hydrogens is 346 g/mol. The summed E-state index contributed by atoms with van der Waals surface area (Å²) in [7, 11) is 1.93. The lowest BCUT2D eigenvalue weighted by molar-refractivity contribution is -0.671. The number of hydrogen-bond donors (Lipinski definition) is 0. The Labute approximate surface area is 173 Å². The van der Waals surface area contributed by atoms with Crippen LogP contribution < -0.4 is 4.57 Å². The van der Waals surface area contributed by atoms with Crippen LogP contribution in [-0.4, -0.2) is 12.6 Å². The maximum Gasteiger partial charge on any atom is 0.338 e. The lowest BCUT2D eigenvalue weighted by atomic mass is 10.1. The molecule has 0 aliphatic heterocycles. The van der Waals surface area contributed by atoms with E-state index in [1.807, 2.05) is 24.0 Å². The summed E-state index contributed by atoms with van der Waals surface area (Å²) >= 11 is 0. The molecule has 28 heavy (non-hydrogen) atoms. The number of ether oxygens (including phenoxy) is 1. The van der Waals surface area contributed by atoms with Gasteiger partial charge in [0.25, 0.3) is 0 Å². The molecule has 1 aromatic heterocycles. The average Bonchev–Trinajstić information content (AvgIpc) is 2.70. The van der Waals surface area contributed by atoms with E-state index in [0.29, 0.717) is 12.2 Å². The number of rotatable bonds is 17. The van der Waals surface area contributed by atoms with Crippen LogP contribution in [-0.2, 0) is 11.8 Å². The minimum Gasteiger partial charge on any atom is -0.462 e. The molecule has 3 nitrogen and oxygen atoms in total. The van der Waals surface area contributed by atoms with Gasteiger partial charge in [-0.1, -0.05) is 76.9 Å². The van der Waals surface area contributed by atoms with Gasteiger partial charge in [0.2, 0.25) is 0 Å². The lowest BCUT2D eigenvalue weighted by Gasteiger charge is -2.04. The Morgan fingerprint density at radius 2 is 1.32 bits per heavy atom. The molecule has 0 aliphatic carbocycles. The van der Waals surface area contributed by atoms with Crippen molar-refractivity contribution in [3.63, 3.8) is 0 Å². The van der Waals surface area contributed by atoms with Crippen molar-refractivity contribution in [3.8, 4) is 0 Å². The van der Waals surface area contributed by atoms with Gasteiger partial charge in [0.05, 0.1) is 12.2 Å². The van der Waals surface area contributed by atoms with Crippen molar-refractivity contribution < 1.29 is 14.1 Å². The minimum atomic E-state index is -0.214. The highest BCUT2D eigenvalue weighted by atomic mass is 16.5. The van der Waals surface area contributed by atoms with Gasteiger partial charge < -0.3 is 4.74 Å². The van der Waals surface area contributed by atoms with Crippen LogP contribution in [0.1, 0.15) is 107 Å². The number of aryl methyl sites for hydroxylation is 1. The molecule has 158 valence electrons. The molecule has 0 aromatic carbocycles. The van der Waals surface area contributed by atoms with Crippen LogP contribution in [0.25, 0.3) is 0 Å². The number of aromatic nitrogens is 1. The first kappa shape index (κ1) is 24.4. The van der Waals surface area contributed by atoms with Crippen LogP contribution in [0.4, 0.5) is 0 Å². The Balaban J connectivity index is 1.83. The van der Waals surface area contributed by atoms with Gasteiger partial charge >= 0.3 is 5.97 Å². The molecule has 0 atom stereocenters. The van der Waals surface area contributed by atoms with Crippen LogP contribution in [0.15, 0.2) is 36.7 Å². The molecule has 1 rings (SSSR count). The van der Waals surface area contributed by atoms with Crippen molar-refractivity contribution in [1.29, 1.82) is 0 Å². The van der Waals surface area contributed by atoms with Gasteiger partial charge in [-0.25, -0.2) is 9.36 Å². The molecule has 1 heterocycles. The molecule has 1 aromatic rings. The zero-order valence-corrected chi connectivity index (χ0v) is 18.3. The number of allylic oxidation sites excluding steroid dienone is 2. The highest BCUT2D eigenvalue weighted by Gasteiger charge is 2.07. The SMILES string of the molecule is CCCCCCCC/C=C/CCCCCCCCOC(=O)c1cc[n+](C)cc1. The number of carbonyl (C=O) groups is 1. The molecule has 0 bridgehead atoms. The van der Waals surface area contributed by atoms with Crippen LogP contribution in [0.2, 0.25) is 0 Å². The summed E-state index contributed by atoms with van der Waals surface area (Å²) in [5.41, 5.74) is 0.627. The third-order valence-corrected chi connectivity index (χ3v) is 5.10. The average molecular weight is 389 g/mol. The fraction of sp³-hybridized carbons (Fsp3) is 0.680. The van der Waals surface area contributed by atoms with Gasteiger partial charge in [-0.3, -0.25) is 0 Å². The number of unbranched alkanes of at least 4 members (excludes halogenated alkanes) is 12. The topological polar surface area (TPSA) is 30.2 Å². The summed E-state index contributed by atoms with van der Waals surface area (Å²) in [6.45, 7) is 2.80. The van der Waals surface area contributed by atoms with Gasteiger partial charge in [0, 0.05) is 12.1 Å². The fourth-order valence-electron chi connectivity index (χ4n) is 3.23. The summed E-state index contributed by atoms with van der Waals surface area (Å²) in [5.74, 6) is -0.214. The number of carbonyl (C=O) groups excluding carboxylic acids is 1. The van der Waals surface area contributed by atoms with Crippen molar-refractivity contribution in [2.75, 3.05) is 6.61 Å². The lowest BCUT2D eigenvalue weighted by Crippen LogP contribution is -2.26. The second-order valence-corrected chi connectivity index (χ2v) is 7.83. The van der Waals surface area contributed by atoms with Crippen LogP contribution in [0, 0.1) is 0 Å². The fourth-order valence-corrected chi connectivity index (χ4v) is 3.23. The minimum absolute atomic E-state index is 0.214. The molecule has 0 radical (unpaired) electrons. The number of esters is 1. The van der Waals surface area contributed by atoms with E-state index in [-0.39, 0.29) is 5.97 Å². The molecular formula is C25H42NO2+. The standard InChI is InChI=1S/C25H42NO2/c1-3-4-5-6-7-8-9-10-11-12-13-14-15-16-17-18-23-28-25(27)24-19-21-26(2)22-20-24/h10-11,19-22H,3-9,12-18,23H2,1-2H3/q+1/b11-10+. The number of hydrogen-bond acceptors (Lipinski definition) is 2. The second-order valence-electron chi connectivity index (χ2n) is 7.83. The summed E-state index contributed by atoms with van der Waals surface area (Å²) in [6, 6.07) is 3.59. The van der Waals surface area contributed by atoms with Gasteiger partial charge in [-0.2, -0.15) is 0 Å². The van der Waals surface area contributed by atoms with E-state index < -0.39 is 0 Å². The quantitative estimate of drug-likeness (QED) is 0.128. The van der Waals surface area contributed by atoms with E-state index in [0.717, 1.165) is 12.8 Å². The van der Waals surface area contributed by atoms with E-state index in [4.69, 9.17) is 4.74 Å². The molecule has 0 N–H and O–H groups in total. The van der Waals surface area contributed by atoms with Crippen LogP contribution >= 0.6 is 0 Å². The van der Waals surface area contributed by atoms with E-state index >= 15 is 0 Å². The maximum absolute atomic E-state index is 11.9. The molecule has 0 aliphatic rings. The Hall–Kier alpha value is -1.64. The number of pyridine rings is 1. The molecule has 0 fully saturated rings. The summed E-state index contributed by atoms with van der Waals surface area (Å²) in [4.78, 5) is 11.9. The Morgan fingerprint density at radius 3 is 1.89 bits per heavy atom. The first-order valence-corrected chi connectivity index (χ1v) is 11.5. The zero-order chi connectivity index (χ0) is 20.3. The second kappa shape index (κ2) is 17.5. The third-order valence-electron chi connectivity index (χ3n) is 5.10. The predicted octanol–water partition coefficient (Wildman–Crippen LogP) is 6.71. The molecule has 0 saturated heterocycles. The summed E-state index contributed by atoms with van der Waals surface area (Å²) in [5, 5.41) is 0. The summed E-state index contributed by atoms with van der Waals surface area (Å²) in [6.07, 6.45) is 26.5. The zero-order valence-electron chi connectivity index (χ0n) is 18.3. The normalized spacial score (nSPS) is 11.2. The Kier molecular flexibility index (Phi) is 15.2. The van der Waals surface area contributed by atoms with Gasteiger partial charge in [-0.05, 0) is 32.1 Å². The van der Waals surface area contributed by atoms with Crippen molar-refractivity contribution in [3.05, 3.63) is 42.2 Å². The first-order chi connectivity index (χ1) is 13.7. The number of nitrogens with zero attached hydrogens (tertiary/aromatic N) is 1. The highest BCUT2D eigenvalue weighted by molar-refractivity contribution is 5.88. The van der Waals surface area contributed by atoms with E-state index in [2.05, 4.69) is 19.1 Å². The van der Waals surface area contributed by atoms with Gasteiger partial charge in [0.1, 0.15) is 7.05 Å². The van der Waals surface area contributed by atoms with E-state index in [1.165, 1.54) is 77.0 Å². The van der Waals surface area contributed by atoms with Crippen molar-refractivity contribution in [1.82, 2.24) is 0 Å². The highest BCUT2D eigenvalue weighted by Crippen LogP contribution is 2.10. The molecule has 3 heteroatoms. The van der Waals surface area contributed by atoms with E-state index in [1.54, 1.807) is 12.1 Å². The summed E-state index contributed by atoms with van der Waals surface area (Å²) < 4.78 is 7.23. The molecule has 0 unspecified atom stereocenters. The van der Waals surface area contributed by atoms with Gasteiger partial charge in [-0.15, -0.1) is 0 Å². The van der Waals surface area contributed by atoms with Crippen molar-refractivity contribution >= 4 is 5.97 Å². The van der Waals surface area contributed by atoms with Crippen LogP contribution in [0.5, 0.6) is 0 Å².